The van der Waals surface area contributed by atoms with E-state index in [2.05, 4.69) is 10.2 Å². The monoisotopic (exact) mass is 328 g/mol. The summed E-state index contributed by atoms with van der Waals surface area (Å²) in [5.74, 6) is 0.00408. The van der Waals surface area contributed by atoms with Gasteiger partial charge >= 0.3 is 0 Å². The van der Waals surface area contributed by atoms with Crippen LogP contribution in [0.1, 0.15) is 18.4 Å². The second kappa shape index (κ2) is 6.53. The first-order valence-corrected chi connectivity index (χ1v) is 7.95. The summed E-state index contributed by atoms with van der Waals surface area (Å²) < 4.78 is 5.58. The standard InChI is InChI=1S/C15H18Cl2N2O2/c16-11-2-1-10(13(17)7-11)8-19-5-6-21-14(9-19)15(20)18-12-3-4-12/h1-2,7,12,14H,3-6,8-9H2,(H,18,20). The van der Waals surface area contributed by atoms with Crippen molar-refractivity contribution >= 4 is 29.1 Å². The van der Waals surface area contributed by atoms with Gasteiger partial charge in [-0.1, -0.05) is 29.3 Å². The average Bonchev–Trinajstić information content (AvgIpc) is 3.26. The fraction of sp³-hybridized carbons (Fsp3) is 0.533. The van der Waals surface area contributed by atoms with Crippen molar-refractivity contribution in [2.45, 2.75) is 31.5 Å². The number of hydrogen-bond acceptors (Lipinski definition) is 3. The van der Waals surface area contributed by atoms with Crippen molar-refractivity contribution in [3.63, 3.8) is 0 Å². The van der Waals surface area contributed by atoms with Crippen molar-refractivity contribution in [3.8, 4) is 0 Å². The molecule has 3 rings (SSSR count). The second-order valence-electron chi connectivity index (χ2n) is 5.61. The number of carbonyl (C=O) groups excluding carboxylic acids is 1. The summed E-state index contributed by atoms with van der Waals surface area (Å²) in [5, 5.41) is 4.28. The Kier molecular flexibility index (Phi) is 4.69. The number of nitrogens with zero attached hydrogens (tertiary/aromatic N) is 1. The number of benzene rings is 1. The van der Waals surface area contributed by atoms with Crippen LogP contribution in [0.4, 0.5) is 0 Å². The van der Waals surface area contributed by atoms with Crippen molar-refractivity contribution in [3.05, 3.63) is 33.8 Å². The lowest BCUT2D eigenvalue weighted by molar-refractivity contribution is -0.138. The van der Waals surface area contributed by atoms with E-state index < -0.39 is 0 Å². The van der Waals surface area contributed by atoms with Crippen molar-refractivity contribution < 1.29 is 9.53 Å². The van der Waals surface area contributed by atoms with Crippen molar-refractivity contribution in [2.75, 3.05) is 19.7 Å². The molecule has 0 spiro atoms. The van der Waals surface area contributed by atoms with E-state index in [0.29, 0.717) is 35.8 Å². The summed E-state index contributed by atoms with van der Waals surface area (Å²) in [7, 11) is 0. The molecule has 6 heteroatoms. The molecule has 1 aliphatic heterocycles. The fourth-order valence-electron chi connectivity index (χ4n) is 2.42. The van der Waals surface area contributed by atoms with Gasteiger partial charge < -0.3 is 10.1 Å². The highest BCUT2D eigenvalue weighted by Gasteiger charge is 2.31. The van der Waals surface area contributed by atoms with E-state index in [1.807, 2.05) is 12.1 Å². The van der Waals surface area contributed by atoms with Gasteiger partial charge in [0.1, 0.15) is 6.10 Å². The third kappa shape index (κ3) is 4.10. The van der Waals surface area contributed by atoms with Gasteiger partial charge in [0, 0.05) is 35.7 Å². The van der Waals surface area contributed by atoms with Crippen LogP contribution in [0, 0.1) is 0 Å². The van der Waals surface area contributed by atoms with Gasteiger partial charge in [0.15, 0.2) is 0 Å². The van der Waals surface area contributed by atoms with E-state index in [1.165, 1.54) is 0 Å². The zero-order chi connectivity index (χ0) is 14.8. The Balaban J connectivity index is 1.58. The zero-order valence-corrected chi connectivity index (χ0v) is 13.2. The molecule has 0 bridgehead atoms. The quantitative estimate of drug-likeness (QED) is 0.923. The molecule has 1 aliphatic carbocycles. The molecule has 1 aromatic carbocycles. The molecule has 1 heterocycles. The summed E-state index contributed by atoms with van der Waals surface area (Å²) in [6.45, 7) is 2.66. The van der Waals surface area contributed by atoms with Gasteiger partial charge in [0.25, 0.3) is 5.91 Å². The molecular formula is C15H18Cl2N2O2. The summed E-state index contributed by atoms with van der Waals surface area (Å²) in [4.78, 5) is 14.2. The molecule has 2 aliphatic rings. The molecule has 1 N–H and O–H groups in total. The Hall–Kier alpha value is -0.810. The van der Waals surface area contributed by atoms with Gasteiger partial charge in [-0.25, -0.2) is 0 Å². The van der Waals surface area contributed by atoms with Crippen LogP contribution >= 0.6 is 23.2 Å². The molecule has 1 unspecified atom stereocenters. The SMILES string of the molecule is O=C(NC1CC1)C1CN(Cc2ccc(Cl)cc2Cl)CCO1. The third-order valence-electron chi connectivity index (χ3n) is 3.78. The second-order valence-corrected chi connectivity index (χ2v) is 6.46. The molecule has 0 radical (unpaired) electrons. The van der Waals surface area contributed by atoms with E-state index in [0.717, 1.165) is 24.9 Å². The first kappa shape index (κ1) is 15.1. The molecular weight excluding hydrogens is 311 g/mol. The minimum Gasteiger partial charge on any atom is -0.366 e. The maximum absolute atomic E-state index is 12.1. The molecule has 0 aromatic heterocycles. The van der Waals surface area contributed by atoms with E-state index in [9.17, 15) is 4.79 Å². The molecule has 1 saturated heterocycles. The van der Waals surface area contributed by atoms with E-state index >= 15 is 0 Å². The number of halogens is 2. The summed E-state index contributed by atoms with van der Waals surface area (Å²) in [6, 6.07) is 5.87. The van der Waals surface area contributed by atoms with Crippen LogP contribution in [0.25, 0.3) is 0 Å². The maximum atomic E-state index is 12.1. The minimum absolute atomic E-state index is 0.00408. The van der Waals surface area contributed by atoms with Crippen molar-refractivity contribution in [2.24, 2.45) is 0 Å². The number of carbonyl (C=O) groups is 1. The van der Waals surface area contributed by atoms with Crippen LogP contribution in [0.3, 0.4) is 0 Å². The number of hydrogen-bond donors (Lipinski definition) is 1. The van der Waals surface area contributed by atoms with Crippen LogP contribution < -0.4 is 5.32 Å². The smallest absolute Gasteiger partial charge is 0.250 e. The molecule has 21 heavy (non-hydrogen) atoms. The molecule has 1 saturated carbocycles. The topological polar surface area (TPSA) is 41.6 Å². The number of rotatable bonds is 4. The lowest BCUT2D eigenvalue weighted by atomic mass is 10.2. The van der Waals surface area contributed by atoms with Crippen LogP contribution in [-0.2, 0) is 16.1 Å². The Morgan fingerprint density at radius 2 is 2.19 bits per heavy atom. The highest BCUT2D eigenvalue weighted by atomic mass is 35.5. The lowest BCUT2D eigenvalue weighted by Gasteiger charge is -2.32. The lowest BCUT2D eigenvalue weighted by Crippen LogP contribution is -2.49. The highest BCUT2D eigenvalue weighted by molar-refractivity contribution is 6.35. The maximum Gasteiger partial charge on any atom is 0.250 e. The van der Waals surface area contributed by atoms with Crippen LogP contribution in [0.15, 0.2) is 18.2 Å². The van der Waals surface area contributed by atoms with Crippen molar-refractivity contribution in [1.29, 1.82) is 0 Å². The summed E-state index contributed by atoms with van der Waals surface area (Å²) in [6.07, 6.45) is 1.79. The first-order chi connectivity index (χ1) is 10.1. The number of amides is 1. The third-order valence-corrected chi connectivity index (χ3v) is 4.36. The largest absolute Gasteiger partial charge is 0.366 e. The zero-order valence-electron chi connectivity index (χ0n) is 11.6. The molecule has 1 amide bonds. The number of ether oxygens (including phenoxy) is 1. The normalized spacial score (nSPS) is 23.0. The van der Waals surface area contributed by atoms with Gasteiger partial charge in [-0.3, -0.25) is 9.69 Å². The summed E-state index contributed by atoms with van der Waals surface area (Å²) in [5.41, 5.74) is 1.02. The highest BCUT2D eigenvalue weighted by Crippen LogP contribution is 2.23. The van der Waals surface area contributed by atoms with Gasteiger partial charge in [-0.15, -0.1) is 0 Å². The van der Waals surface area contributed by atoms with Gasteiger partial charge in [0.2, 0.25) is 0 Å². The Bertz CT molecular complexity index is 534. The molecule has 1 atom stereocenters. The van der Waals surface area contributed by atoms with Crippen molar-refractivity contribution in [1.82, 2.24) is 10.2 Å². The average molecular weight is 329 g/mol. The van der Waals surface area contributed by atoms with Gasteiger partial charge in [-0.2, -0.15) is 0 Å². The van der Waals surface area contributed by atoms with E-state index in [4.69, 9.17) is 27.9 Å². The van der Waals surface area contributed by atoms with E-state index in [1.54, 1.807) is 6.07 Å². The molecule has 4 nitrogen and oxygen atoms in total. The predicted octanol–water partition coefficient (Wildman–Crippen LogP) is 2.47. The van der Waals surface area contributed by atoms with Crippen LogP contribution in [0.2, 0.25) is 10.0 Å². The molecule has 2 fully saturated rings. The van der Waals surface area contributed by atoms with E-state index in [-0.39, 0.29) is 12.0 Å². The fourth-order valence-corrected chi connectivity index (χ4v) is 2.89. The summed E-state index contributed by atoms with van der Waals surface area (Å²) >= 11 is 12.1. The van der Waals surface area contributed by atoms with Crippen LogP contribution in [-0.4, -0.2) is 42.6 Å². The van der Waals surface area contributed by atoms with Crippen LogP contribution in [0.5, 0.6) is 0 Å². The Morgan fingerprint density at radius 1 is 1.38 bits per heavy atom. The Morgan fingerprint density at radius 3 is 2.90 bits per heavy atom. The first-order valence-electron chi connectivity index (χ1n) is 7.20. The number of nitrogens with one attached hydrogen (secondary N) is 1. The Labute approximate surface area is 134 Å². The predicted molar refractivity (Wildman–Crippen MR) is 82.6 cm³/mol. The van der Waals surface area contributed by atoms with Gasteiger partial charge in [0.05, 0.1) is 6.61 Å². The minimum atomic E-state index is -0.384. The molecule has 1 aromatic rings. The molecule has 114 valence electrons. The van der Waals surface area contributed by atoms with Gasteiger partial charge in [-0.05, 0) is 30.5 Å². The number of morpholine rings is 1.